The predicted octanol–water partition coefficient (Wildman–Crippen LogP) is 2.68. The normalized spacial score (nSPS) is 16.3. The molecule has 19 heavy (non-hydrogen) atoms. The van der Waals surface area contributed by atoms with Crippen molar-refractivity contribution in [1.29, 1.82) is 0 Å². The molecule has 0 saturated heterocycles. The molecule has 1 N–H and O–H groups in total. The minimum atomic E-state index is -4.33. The fraction of sp³-hybridized carbons (Fsp3) is 0.250. The number of nitrogens with one attached hydrogen (secondary N) is 1. The summed E-state index contributed by atoms with van der Waals surface area (Å²) in [5, 5.41) is 7.56. The predicted molar refractivity (Wildman–Crippen MR) is 65.3 cm³/mol. The molecule has 1 aromatic carbocycles. The highest BCUT2D eigenvalue weighted by Gasteiger charge is 2.40. The summed E-state index contributed by atoms with van der Waals surface area (Å²) in [6, 6.07) is 5.38. The molecule has 0 saturated carbocycles. The van der Waals surface area contributed by atoms with Crippen LogP contribution in [0.2, 0.25) is 0 Å². The molecule has 0 spiro atoms. The van der Waals surface area contributed by atoms with Crippen LogP contribution in [0.5, 0.6) is 0 Å². The molecule has 7 heteroatoms. The lowest BCUT2D eigenvalue weighted by atomic mass is 10.2. The minimum absolute atomic E-state index is 0.179. The number of fused-ring (bicyclic) bond motifs is 1. The fourth-order valence-corrected chi connectivity index (χ4v) is 2.15. The lowest BCUT2D eigenvalue weighted by molar-refractivity contribution is -0.107. The highest BCUT2D eigenvalue weighted by atomic mass is 19.4. The number of allylic oxidation sites excluding steroid dienone is 1. The second kappa shape index (κ2) is 3.91. The Bertz CT molecular complexity index is 644. The maximum absolute atomic E-state index is 12.8. The van der Waals surface area contributed by atoms with E-state index in [4.69, 9.17) is 0 Å². The first kappa shape index (κ1) is 11.9. The van der Waals surface area contributed by atoms with E-state index in [9.17, 15) is 13.2 Å². The number of aromatic amines is 1. The van der Waals surface area contributed by atoms with Gasteiger partial charge in [0, 0.05) is 24.3 Å². The average molecular weight is 268 g/mol. The molecule has 0 fully saturated rings. The van der Waals surface area contributed by atoms with Gasteiger partial charge in [-0.15, -0.1) is 0 Å². The third kappa shape index (κ3) is 2.00. The Labute approximate surface area is 107 Å². The van der Waals surface area contributed by atoms with Crippen LogP contribution in [-0.2, 0) is 0 Å². The van der Waals surface area contributed by atoms with Gasteiger partial charge in [-0.3, -0.25) is 5.10 Å². The Morgan fingerprint density at radius 1 is 1.32 bits per heavy atom. The summed E-state index contributed by atoms with van der Waals surface area (Å²) in [7, 11) is 1.43. The number of hydrogen-bond acceptors (Lipinski definition) is 3. The molecule has 2 heterocycles. The molecular weight excluding hydrogens is 257 g/mol. The number of halogens is 3. The lowest BCUT2D eigenvalue weighted by Gasteiger charge is -2.20. The van der Waals surface area contributed by atoms with Crippen LogP contribution >= 0.6 is 0 Å². The summed E-state index contributed by atoms with van der Waals surface area (Å²) < 4.78 is 38.3. The molecule has 0 amide bonds. The first-order chi connectivity index (χ1) is 8.95. The van der Waals surface area contributed by atoms with E-state index in [0.717, 1.165) is 17.1 Å². The molecule has 0 radical (unpaired) electrons. The zero-order chi connectivity index (χ0) is 13.6. The van der Waals surface area contributed by atoms with Crippen LogP contribution in [0.1, 0.15) is 0 Å². The monoisotopic (exact) mass is 268 g/mol. The zero-order valence-corrected chi connectivity index (χ0v) is 10.1. The van der Waals surface area contributed by atoms with Crippen LogP contribution in [0.25, 0.3) is 10.9 Å². The summed E-state index contributed by atoms with van der Waals surface area (Å²) in [6.45, 7) is 0.179. The Morgan fingerprint density at radius 2 is 2.11 bits per heavy atom. The summed E-state index contributed by atoms with van der Waals surface area (Å²) in [5.74, 6) is 0. The molecule has 2 aromatic rings. The average Bonchev–Trinajstić information content (AvgIpc) is 2.92. The number of alkyl halides is 3. The van der Waals surface area contributed by atoms with Crippen LogP contribution < -0.4 is 4.90 Å². The molecule has 0 aliphatic carbocycles. The molecule has 0 atom stereocenters. The van der Waals surface area contributed by atoms with Crippen molar-refractivity contribution >= 4 is 16.6 Å². The second-order valence-corrected chi connectivity index (χ2v) is 4.46. The molecule has 0 unspecified atom stereocenters. The number of rotatable bonds is 1. The van der Waals surface area contributed by atoms with Crippen LogP contribution in [0.4, 0.5) is 18.9 Å². The number of aromatic nitrogens is 2. The highest BCUT2D eigenvalue weighted by molar-refractivity contribution is 5.82. The molecule has 100 valence electrons. The van der Waals surface area contributed by atoms with Crippen LogP contribution in [0.3, 0.4) is 0 Å². The van der Waals surface area contributed by atoms with Gasteiger partial charge in [0.05, 0.1) is 18.4 Å². The van der Waals surface area contributed by atoms with E-state index in [1.54, 1.807) is 23.2 Å². The van der Waals surface area contributed by atoms with E-state index in [-0.39, 0.29) is 6.67 Å². The van der Waals surface area contributed by atoms with Crippen molar-refractivity contribution < 1.29 is 13.2 Å². The van der Waals surface area contributed by atoms with Gasteiger partial charge in [0.15, 0.2) is 0 Å². The van der Waals surface area contributed by atoms with Gasteiger partial charge >= 0.3 is 6.18 Å². The molecule has 1 aliphatic rings. The molecule has 1 aromatic heterocycles. The smallest absolute Gasteiger partial charge is 0.351 e. The van der Waals surface area contributed by atoms with Gasteiger partial charge in [0.1, 0.15) is 5.70 Å². The van der Waals surface area contributed by atoms with Gasteiger partial charge in [-0.25, -0.2) is 0 Å². The summed E-state index contributed by atoms with van der Waals surface area (Å²) in [4.78, 5) is 2.74. The molecular formula is C12H11F3N4. The first-order valence-electron chi connectivity index (χ1n) is 5.65. The maximum Gasteiger partial charge on any atom is 0.432 e. The van der Waals surface area contributed by atoms with Crippen LogP contribution in [0.15, 0.2) is 36.3 Å². The lowest BCUT2D eigenvalue weighted by Crippen LogP contribution is -2.27. The number of benzene rings is 1. The zero-order valence-electron chi connectivity index (χ0n) is 10.1. The number of nitrogens with zero attached hydrogens (tertiary/aromatic N) is 3. The van der Waals surface area contributed by atoms with E-state index < -0.39 is 11.9 Å². The second-order valence-electron chi connectivity index (χ2n) is 4.46. The summed E-state index contributed by atoms with van der Waals surface area (Å²) in [6.07, 6.45) is -1.56. The van der Waals surface area contributed by atoms with E-state index in [1.807, 2.05) is 6.07 Å². The van der Waals surface area contributed by atoms with Gasteiger partial charge in [-0.1, -0.05) is 0 Å². The maximum atomic E-state index is 12.8. The quantitative estimate of drug-likeness (QED) is 0.863. The van der Waals surface area contributed by atoms with Gasteiger partial charge in [-0.05, 0) is 18.2 Å². The molecule has 4 nitrogen and oxygen atoms in total. The Morgan fingerprint density at radius 3 is 2.79 bits per heavy atom. The first-order valence-corrected chi connectivity index (χ1v) is 5.65. The number of hydrogen-bond donors (Lipinski definition) is 1. The third-order valence-electron chi connectivity index (χ3n) is 3.10. The molecule has 3 rings (SSSR count). The van der Waals surface area contributed by atoms with Crippen molar-refractivity contribution in [1.82, 2.24) is 15.1 Å². The van der Waals surface area contributed by atoms with Crippen molar-refractivity contribution in [2.45, 2.75) is 6.18 Å². The van der Waals surface area contributed by atoms with E-state index >= 15 is 0 Å². The standard InChI is InChI=1S/C12H11F3N4/c1-18-7-19(6-11(18)12(13,14)15)9-2-3-10-8(4-9)5-16-17-10/h2-6H,7H2,1H3,(H,16,17). The van der Waals surface area contributed by atoms with Crippen molar-refractivity contribution in [2.75, 3.05) is 18.6 Å². The fourth-order valence-electron chi connectivity index (χ4n) is 2.15. The van der Waals surface area contributed by atoms with Crippen molar-refractivity contribution in [3.8, 4) is 0 Å². The Kier molecular flexibility index (Phi) is 2.44. The van der Waals surface area contributed by atoms with Gasteiger partial charge < -0.3 is 9.80 Å². The van der Waals surface area contributed by atoms with E-state index in [2.05, 4.69) is 10.2 Å². The van der Waals surface area contributed by atoms with Crippen molar-refractivity contribution in [3.63, 3.8) is 0 Å². The van der Waals surface area contributed by atoms with Crippen LogP contribution in [-0.4, -0.2) is 35.0 Å². The van der Waals surface area contributed by atoms with E-state index in [0.29, 0.717) is 5.69 Å². The van der Waals surface area contributed by atoms with Gasteiger partial charge in [0.25, 0.3) is 0 Å². The number of anilines is 1. The summed E-state index contributed by atoms with van der Waals surface area (Å²) in [5.41, 5.74) is 0.927. The van der Waals surface area contributed by atoms with Crippen molar-refractivity contribution in [2.24, 2.45) is 0 Å². The topological polar surface area (TPSA) is 35.2 Å². The highest BCUT2D eigenvalue weighted by Crippen LogP contribution is 2.34. The van der Waals surface area contributed by atoms with Crippen LogP contribution in [0, 0.1) is 0 Å². The molecule has 0 bridgehead atoms. The minimum Gasteiger partial charge on any atom is -0.351 e. The Balaban J connectivity index is 1.97. The van der Waals surface area contributed by atoms with Crippen molar-refractivity contribution in [3.05, 3.63) is 36.3 Å². The molecule has 1 aliphatic heterocycles. The van der Waals surface area contributed by atoms with E-state index in [1.165, 1.54) is 11.9 Å². The number of H-pyrrole nitrogens is 1. The largest absolute Gasteiger partial charge is 0.432 e. The third-order valence-corrected chi connectivity index (χ3v) is 3.10. The SMILES string of the molecule is CN1CN(c2ccc3[nH]ncc3c2)C=C1C(F)(F)F. The Hall–Kier alpha value is -2.18. The summed E-state index contributed by atoms with van der Waals surface area (Å²) >= 11 is 0. The van der Waals surface area contributed by atoms with Gasteiger partial charge in [-0.2, -0.15) is 18.3 Å². The van der Waals surface area contributed by atoms with Gasteiger partial charge in [0.2, 0.25) is 0 Å².